The van der Waals surface area contributed by atoms with Crippen molar-refractivity contribution in [1.29, 1.82) is 0 Å². The first kappa shape index (κ1) is 19.7. The Hall–Kier alpha value is -3.02. The average molecular weight is 379 g/mol. The number of aliphatic hydroxyl groups excluding tert-OH is 1. The number of rotatable bonds is 9. The zero-order chi connectivity index (χ0) is 19.8. The van der Waals surface area contributed by atoms with Crippen LogP contribution in [-0.4, -0.2) is 30.1 Å². The van der Waals surface area contributed by atoms with Gasteiger partial charge >= 0.3 is 0 Å². The molecule has 0 bridgehead atoms. The van der Waals surface area contributed by atoms with E-state index in [9.17, 15) is 14.3 Å². The van der Waals surface area contributed by atoms with E-state index in [2.05, 4.69) is 5.32 Å². The summed E-state index contributed by atoms with van der Waals surface area (Å²) in [7, 11) is 0. The molecule has 0 aromatic heterocycles. The average Bonchev–Trinajstić information content (AvgIpc) is 2.74. The van der Waals surface area contributed by atoms with Gasteiger partial charge in [0, 0.05) is 24.2 Å². The third-order valence-corrected chi connectivity index (χ3v) is 4.22. The highest BCUT2D eigenvalue weighted by Crippen LogP contribution is 2.15. The molecule has 0 unspecified atom stereocenters. The van der Waals surface area contributed by atoms with Crippen LogP contribution in [-0.2, 0) is 6.54 Å². The summed E-state index contributed by atoms with van der Waals surface area (Å²) in [6.45, 7) is 1.01. The second kappa shape index (κ2) is 9.78. The molecule has 4 nitrogen and oxygen atoms in total. The quantitative estimate of drug-likeness (QED) is 0.558. The molecule has 28 heavy (non-hydrogen) atoms. The Kier molecular flexibility index (Phi) is 6.89. The third-order valence-electron chi connectivity index (χ3n) is 4.22. The number of ether oxygens (including phenoxy) is 1. The van der Waals surface area contributed by atoms with Crippen LogP contribution in [0.5, 0.6) is 5.75 Å². The molecule has 0 saturated heterocycles. The minimum atomic E-state index is -0.689. The van der Waals surface area contributed by atoms with Gasteiger partial charge in [-0.25, -0.2) is 4.39 Å². The van der Waals surface area contributed by atoms with E-state index < -0.39 is 6.10 Å². The van der Waals surface area contributed by atoms with Crippen molar-refractivity contribution in [3.63, 3.8) is 0 Å². The first-order valence-corrected chi connectivity index (χ1v) is 9.07. The van der Waals surface area contributed by atoms with Crippen molar-refractivity contribution in [2.24, 2.45) is 0 Å². The normalized spacial score (nSPS) is 11.8. The predicted octanol–water partition coefficient (Wildman–Crippen LogP) is 3.59. The lowest BCUT2D eigenvalue weighted by Crippen LogP contribution is -2.31. The maximum Gasteiger partial charge on any atom is 0.193 e. The Morgan fingerprint density at radius 3 is 2.25 bits per heavy atom. The third kappa shape index (κ3) is 5.74. The van der Waals surface area contributed by atoms with Gasteiger partial charge in [-0.2, -0.15) is 0 Å². The lowest BCUT2D eigenvalue weighted by molar-refractivity contribution is 0.103. The maximum atomic E-state index is 12.9. The summed E-state index contributed by atoms with van der Waals surface area (Å²) in [5.41, 5.74) is 2.16. The summed E-state index contributed by atoms with van der Waals surface area (Å²) < 4.78 is 18.4. The number of aliphatic hydroxyl groups is 1. The van der Waals surface area contributed by atoms with E-state index in [-0.39, 0.29) is 18.2 Å². The van der Waals surface area contributed by atoms with Crippen molar-refractivity contribution in [2.45, 2.75) is 12.6 Å². The molecule has 3 rings (SSSR count). The fourth-order valence-corrected chi connectivity index (χ4v) is 2.70. The summed E-state index contributed by atoms with van der Waals surface area (Å²) in [6, 6.07) is 22.2. The maximum absolute atomic E-state index is 12.9. The fourth-order valence-electron chi connectivity index (χ4n) is 2.70. The molecule has 144 valence electrons. The van der Waals surface area contributed by atoms with Crippen LogP contribution < -0.4 is 10.1 Å². The molecule has 0 saturated carbocycles. The van der Waals surface area contributed by atoms with E-state index >= 15 is 0 Å². The number of nitrogens with one attached hydrogen (secondary N) is 1. The molecule has 0 amide bonds. The van der Waals surface area contributed by atoms with E-state index in [0.29, 0.717) is 30.0 Å². The van der Waals surface area contributed by atoms with E-state index in [1.165, 1.54) is 12.1 Å². The predicted molar refractivity (Wildman–Crippen MR) is 106 cm³/mol. The molecule has 0 fully saturated rings. The van der Waals surface area contributed by atoms with Gasteiger partial charge in [0.15, 0.2) is 5.78 Å². The Morgan fingerprint density at radius 2 is 1.57 bits per heavy atom. The molecule has 5 heteroatoms. The minimum absolute atomic E-state index is 0.0443. The van der Waals surface area contributed by atoms with Crippen molar-refractivity contribution in [3.8, 4) is 5.75 Å². The number of carbonyl (C=O) groups excluding carboxylic acids is 1. The Morgan fingerprint density at radius 1 is 0.929 bits per heavy atom. The van der Waals surface area contributed by atoms with Crippen molar-refractivity contribution in [3.05, 3.63) is 101 Å². The van der Waals surface area contributed by atoms with Gasteiger partial charge in [-0.1, -0.05) is 42.5 Å². The van der Waals surface area contributed by atoms with Crippen LogP contribution in [0.2, 0.25) is 0 Å². The van der Waals surface area contributed by atoms with Crippen LogP contribution in [0.4, 0.5) is 4.39 Å². The smallest absolute Gasteiger partial charge is 0.193 e. The molecule has 0 spiro atoms. The Balaban J connectivity index is 1.42. The van der Waals surface area contributed by atoms with Crippen LogP contribution in [0, 0.1) is 5.82 Å². The number of carbonyl (C=O) groups is 1. The highest BCUT2D eigenvalue weighted by molar-refractivity contribution is 6.08. The van der Waals surface area contributed by atoms with E-state index in [4.69, 9.17) is 4.74 Å². The minimum Gasteiger partial charge on any atom is -0.491 e. The van der Waals surface area contributed by atoms with Crippen molar-refractivity contribution in [2.75, 3.05) is 13.2 Å². The topological polar surface area (TPSA) is 58.6 Å². The molecular formula is C23H22FNO3. The zero-order valence-electron chi connectivity index (χ0n) is 15.3. The second-order valence-electron chi connectivity index (χ2n) is 6.44. The fraction of sp³-hybridized carbons (Fsp3) is 0.174. The van der Waals surface area contributed by atoms with Gasteiger partial charge in [-0.15, -0.1) is 0 Å². The van der Waals surface area contributed by atoms with Crippen molar-refractivity contribution >= 4 is 5.78 Å². The van der Waals surface area contributed by atoms with Gasteiger partial charge in [0.25, 0.3) is 0 Å². The van der Waals surface area contributed by atoms with Gasteiger partial charge in [0.1, 0.15) is 24.3 Å². The van der Waals surface area contributed by atoms with Crippen LogP contribution in [0.1, 0.15) is 21.5 Å². The van der Waals surface area contributed by atoms with Crippen molar-refractivity contribution < 1.29 is 19.0 Å². The van der Waals surface area contributed by atoms with Crippen molar-refractivity contribution in [1.82, 2.24) is 5.32 Å². The van der Waals surface area contributed by atoms with E-state index in [1.807, 2.05) is 18.2 Å². The summed E-state index contributed by atoms with van der Waals surface area (Å²) >= 11 is 0. The summed E-state index contributed by atoms with van der Waals surface area (Å²) in [5.74, 6) is 0.271. The number of halogens is 1. The van der Waals surface area contributed by atoms with Crippen LogP contribution in [0.15, 0.2) is 78.9 Å². The number of hydrogen-bond acceptors (Lipinski definition) is 4. The first-order valence-electron chi connectivity index (χ1n) is 9.07. The number of ketones is 1. The van der Waals surface area contributed by atoms with Crippen LogP contribution in [0.3, 0.4) is 0 Å². The Labute approximate surface area is 163 Å². The molecule has 0 radical (unpaired) electrons. The monoisotopic (exact) mass is 379 g/mol. The molecule has 2 N–H and O–H groups in total. The van der Waals surface area contributed by atoms with Gasteiger partial charge in [0.2, 0.25) is 0 Å². The Bertz CT molecular complexity index is 880. The summed E-state index contributed by atoms with van der Waals surface area (Å²) in [4.78, 5) is 12.4. The lowest BCUT2D eigenvalue weighted by Gasteiger charge is -2.13. The molecule has 0 aliphatic rings. The molecule has 1 atom stereocenters. The summed E-state index contributed by atoms with van der Waals surface area (Å²) in [6.07, 6.45) is -0.689. The van der Waals surface area contributed by atoms with Crippen LogP contribution in [0.25, 0.3) is 0 Å². The standard InChI is InChI=1S/C23H22FNO3/c24-20-10-6-17(7-11-20)14-25-15-21(26)16-28-22-12-8-19(9-13-22)23(27)18-4-2-1-3-5-18/h1-13,21,25-26H,14-16H2/t21-/m1/s1. The number of benzene rings is 3. The highest BCUT2D eigenvalue weighted by atomic mass is 19.1. The van der Waals surface area contributed by atoms with Gasteiger partial charge < -0.3 is 15.2 Å². The molecule has 3 aromatic rings. The largest absolute Gasteiger partial charge is 0.491 e. The van der Waals surface area contributed by atoms with Gasteiger partial charge in [0.05, 0.1) is 0 Å². The first-order chi connectivity index (χ1) is 13.6. The summed E-state index contributed by atoms with van der Waals surface area (Å²) in [5, 5.41) is 13.1. The number of hydrogen-bond donors (Lipinski definition) is 2. The van der Waals surface area contributed by atoms with E-state index in [0.717, 1.165) is 5.56 Å². The second-order valence-corrected chi connectivity index (χ2v) is 6.44. The van der Waals surface area contributed by atoms with Crippen LogP contribution >= 0.6 is 0 Å². The van der Waals surface area contributed by atoms with Gasteiger partial charge in [-0.05, 0) is 42.0 Å². The molecule has 0 aliphatic heterocycles. The van der Waals surface area contributed by atoms with E-state index in [1.54, 1.807) is 48.5 Å². The lowest BCUT2D eigenvalue weighted by atomic mass is 10.0. The molecule has 3 aromatic carbocycles. The molecular weight excluding hydrogens is 357 g/mol. The molecule has 0 heterocycles. The highest BCUT2D eigenvalue weighted by Gasteiger charge is 2.09. The zero-order valence-corrected chi connectivity index (χ0v) is 15.3. The van der Waals surface area contributed by atoms with Gasteiger partial charge in [-0.3, -0.25) is 4.79 Å². The SMILES string of the molecule is O=C(c1ccccc1)c1ccc(OC[C@H](O)CNCc2ccc(F)cc2)cc1. The molecule has 0 aliphatic carbocycles.